The second-order valence-electron chi connectivity index (χ2n) is 4.05. The van der Waals surface area contributed by atoms with Crippen molar-refractivity contribution in [2.75, 3.05) is 7.11 Å². The molecule has 0 spiro atoms. The fourth-order valence-electron chi connectivity index (χ4n) is 2.33. The summed E-state index contributed by atoms with van der Waals surface area (Å²) in [5, 5.41) is 0. The first-order valence-electron chi connectivity index (χ1n) is 5.21. The Kier molecular flexibility index (Phi) is 1.77. The lowest BCUT2D eigenvalue weighted by molar-refractivity contribution is 0.357. The van der Waals surface area contributed by atoms with E-state index < -0.39 is 0 Å². The lowest BCUT2D eigenvalue weighted by Gasteiger charge is -2.07. The number of hydrogen-bond donors (Lipinski definition) is 0. The number of fused-ring (bicyclic) bond motifs is 3. The van der Waals surface area contributed by atoms with Gasteiger partial charge in [0, 0.05) is 0 Å². The van der Waals surface area contributed by atoms with Crippen molar-refractivity contribution in [3.8, 4) is 5.75 Å². The quantitative estimate of drug-likeness (QED) is 0.634. The lowest BCUT2D eigenvalue weighted by Crippen LogP contribution is -1.93. The Labute approximate surface area is 83.8 Å². The Morgan fingerprint density at radius 2 is 2.36 bits per heavy atom. The van der Waals surface area contributed by atoms with Crippen molar-refractivity contribution in [3.63, 3.8) is 0 Å². The van der Waals surface area contributed by atoms with E-state index in [1.165, 1.54) is 30.4 Å². The predicted octanol–water partition coefficient (Wildman–Crippen LogP) is 2.47. The van der Waals surface area contributed by atoms with E-state index >= 15 is 0 Å². The molecule has 0 saturated carbocycles. The number of ether oxygens (including phenoxy) is 2. The predicted molar refractivity (Wildman–Crippen MR) is 53.5 cm³/mol. The molecule has 1 fully saturated rings. The van der Waals surface area contributed by atoms with E-state index in [0.717, 1.165) is 5.75 Å². The third-order valence-electron chi connectivity index (χ3n) is 3.17. The summed E-state index contributed by atoms with van der Waals surface area (Å²) in [4.78, 5) is 0. The topological polar surface area (TPSA) is 21.8 Å². The van der Waals surface area contributed by atoms with Crippen molar-refractivity contribution in [2.45, 2.75) is 31.5 Å². The van der Waals surface area contributed by atoms with E-state index in [0.29, 0.717) is 12.2 Å². The van der Waals surface area contributed by atoms with Crippen molar-refractivity contribution in [2.24, 2.45) is 0 Å². The summed E-state index contributed by atoms with van der Waals surface area (Å²) in [7, 11) is 1.72. The fourth-order valence-corrected chi connectivity index (χ4v) is 2.33. The zero-order valence-electron chi connectivity index (χ0n) is 8.32. The van der Waals surface area contributed by atoms with Crippen LogP contribution in [0.3, 0.4) is 0 Å². The second-order valence-corrected chi connectivity index (χ2v) is 4.05. The first kappa shape index (κ1) is 8.30. The van der Waals surface area contributed by atoms with Crippen molar-refractivity contribution < 1.29 is 9.47 Å². The first-order valence-corrected chi connectivity index (χ1v) is 5.21. The zero-order valence-corrected chi connectivity index (χ0v) is 8.32. The van der Waals surface area contributed by atoms with Gasteiger partial charge in [-0.15, -0.1) is 0 Å². The molecule has 1 aliphatic carbocycles. The van der Waals surface area contributed by atoms with Gasteiger partial charge >= 0.3 is 0 Å². The van der Waals surface area contributed by atoms with Gasteiger partial charge in [-0.2, -0.15) is 0 Å². The molecule has 1 aromatic rings. The number of epoxide rings is 1. The molecule has 1 heterocycles. The highest BCUT2D eigenvalue weighted by Crippen LogP contribution is 2.46. The van der Waals surface area contributed by atoms with E-state index in [2.05, 4.69) is 12.1 Å². The molecular formula is C12H14O2. The maximum Gasteiger partial charge on any atom is 0.119 e. The molecule has 3 rings (SSSR count). The van der Waals surface area contributed by atoms with Gasteiger partial charge in [-0.25, -0.2) is 0 Å². The van der Waals surface area contributed by atoms with Gasteiger partial charge in [-0.05, 0) is 42.5 Å². The second kappa shape index (κ2) is 2.99. The van der Waals surface area contributed by atoms with Crippen LogP contribution in [0.2, 0.25) is 0 Å². The Hall–Kier alpha value is -1.02. The molecule has 0 N–H and O–H groups in total. The first-order chi connectivity index (χ1) is 6.88. The van der Waals surface area contributed by atoms with E-state index in [4.69, 9.17) is 9.47 Å². The van der Waals surface area contributed by atoms with Crippen LogP contribution in [0.5, 0.6) is 5.75 Å². The minimum Gasteiger partial charge on any atom is -0.497 e. The number of hydrogen-bond acceptors (Lipinski definition) is 2. The standard InChI is InChI=1S/C12H14O2/c1-13-9-5-6-10-8(7-9)3-2-4-11-12(10)14-11/h5-7,11-12H,2-4H2,1H3/t11-,12-/m1/s1. The number of benzene rings is 1. The van der Waals surface area contributed by atoms with Gasteiger partial charge in [0.15, 0.2) is 0 Å². The maximum atomic E-state index is 5.62. The molecule has 1 aliphatic heterocycles. The van der Waals surface area contributed by atoms with Crippen LogP contribution in [0.4, 0.5) is 0 Å². The Balaban J connectivity index is 2.02. The average Bonchev–Trinajstić information content (AvgIpc) is 2.96. The number of methoxy groups -OCH3 is 1. The van der Waals surface area contributed by atoms with Gasteiger partial charge in [0.05, 0.1) is 13.2 Å². The van der Waals surface area contributed by atoms with Gasteiger partial charge in [0.2, 0.25) is 0 Å². The van der Waals surface area contributed by atoms with Crippen LogP contribution in [0.15, 0.2) is 18.2 Å². The van der Waals surface area contributed by atoms with E-state index in [1.807, 2.05) is 6.07 Å². The molecular weight excluding hydrogens is 176 g/mol. The molecule has 2 atom stereocenters. The number of aryl methyl sites for hydroxylation is 1. The van der Waals surface area contributed by atoms with Crippen LogP contribution < -0.4 is 4.74 Å². The Morgan fingerprint density at radius 3 is 3.21 bits per heavy atom. The molecule has 0 amide bonds. The molecule has 1 aromatic carbocycles. The van der Waals surface area contributed by atoms with Gasteiger partial charge in [-0.1, -0.05) is 6.07 Å². The average molecular weight is 190 g/mol. The van der Waals surface area contributed by atoms with Crippen LogP contribution in [0, 0.1) is 0 Å². The van der Waals surface area contributed by atoms with E-state index in [1.54, 1.807) is 7.11 Å². The van der Waals surface area contributed by atoms with Crippen LogP contribution in [-0.2, 0) is 11.2 Å². The van der Waals surface area contributed by atoms with Crippen LogP contribution in [0.1, 0.15) is 30.1 Å². The summed E-state index contributed by atoms with van der Waals surface area (Å²) in [5.74, 6) is 0.961. The molecule has 74 valence electrons. The highest BCUT2D eigenvalue weighted by Gasteiger charge is 2.42. The molecule has 1 saturated heterocycles. The summed E-state index contributed by atoms with van der Waals surface area (Å²) in [6.45, 7) is 0. The molecule has 2 nitrogen and oxygen atoms in total. The summed E-state index contributed by atoms with van der Waals surface area (Å²) in [6, 6.07) is 6.34. The van der Waals surface area contributed by atoms with Crippen LogP contribution in [0.25, 0.3) is 0 Å². The highest BCUT2D eigenvalue weighted by atomic mass is 16.6. The maximum absolute atomic E-state index is 5.62. The monoisotopic (exact) mass is 190 g/mol. The van der Waals surface area contributed by atoms with Gasteiger partial charge in [-0.3, -0.25) is 0 Å². The molecule has 0 bridgehead atoms. The molecule has 0 radical (unpaired) electrons. The minimum absolute atomic E-state index is 0.387. The van der Waals surface area contributed by atoms with Crippen molar-refractivity contribution in [3.05, 3.63) is 29.3 Å². The normalized spacial score (nSPS) is 28.6. The lowest BCUT2D eigenvalue weighted by atomic mass is 10.0. The molecule has 2 aliphatic rings. The third-order valence-corrected chi connectivity index (χ3v) is 3.17. The van der Waals surface area contributed by atoms with Crippen molar-refractivity contribution >= 4 is 0 Å². The van der Waals surface area contributed by atoms with Gasteiger partial charge < -0.3 is 9.47 Å². The number of rotatable bonds is 1. The molecule has 0 aromatic heterocycles. The Bertz CT molecular complexity index is 359. The zero-order chi connectivity index (χ0) is 9.54. The highest BCUT2D eigenvalue weighted by molar-refractivity contribution is 5.39. The van der Waals surface area contributed by atoms with Crippen molar-refractivity contribution in [1.29, 1.82) is 0 Å². The Morgan fingerprint density at radius 1 is 1.43 bits per heavy atom. The summed E-state index contributed by atoms with van der Waals surface area (Å²) in [5.41, 5.74) is 2.79. The van der Waals surface area contributed by atoms with Crippen LogP contribution >= 0.6 is 0 Å². The summed E-state index contributed by atoms with van der Waals surface area (Å²) in [6.07, 6.45) is 4.51. The largest absolute Gasteiger partial charge is 0.497 e. The smallest absolute Gasteiger partial charge is 0.119 e. The van der Waals surface area contributed by atoms with E-state index in [9.17, 15) is 0 Å². The summed E-state index contributed by atoms with van der Waals surface area (Å²) < 4.78 is 10.8. The fraction of sp³-hybridized carbons (Fsp3) is 0.500. The molecule has 14 heavy (non-hydrogen) atoms. The van der Waals surface area contributed by atoms with Crippen LogP contribution in [-0.4, -0.2) is 13.2 Å². The van der Waals surface area contributed by atoms with E-state index in [-0.39, 0.29) is 0 Å². The SMILES string of the molecule is COc1ccc2c(c1)CCC[C@H]1O[C@H]21. The van der Waals surface area contributed by atoms with Gasteiger partial charge in [0.25, 0.3) is 0 Å². The third kappa shape index (κ3) is 1.22. The van der Waals surface area contributed by atoms with Gasteiger partial charge in [0.1, 0.15) is 11.9 Å². The molecule has 2 heteroatoms. The molecule has 0 unspecified atom stereocenters. The minimum atomic E-state index is 0.387. The van der Waals surface area contributed by atoms with Crippen molar-refractivity contribution in [1.82, 2.24) is 0 Å². The summed E-state index contributed by atoms with van der Waals surface area (Å²) >= 11 is 0.